The summed E-state index contributed by atoms with van der Waals surface area (Å²) in [6.07, 6.45) is 0.766. The van der Waals surface area contributed by atoms with Crippen LogP contribution in [0.4, 0.5) is 0 Å². The van der Waals surface area contributed by atoms with Gasteiger partial charge in [-0.15, -0.1) is 0 Å². The monoisotopic (exact) mass is 295 g/mol. The summed E-state index contributed by atoms with van der Waals surface area (Å²) in [5.41, 5.74) is 7.14. The van der Waals surface area contributed by atoms with E-state index in [0.29, 0.717) is 0 Å². The van der Waals surface area contributed by atoms with E-state index >= 15 is 0 Å². The zero-order chi connectivity index (χ0) is 15.1. The third-order valence-electron chi connectivity index (χ3n) is 4.14. The van der Waals surface area contributed by atoms with Gasteiger partial charge in [-0.2, -0.15) is 0 Å². The van der Waals surface area contributed by atoms with Crippen molar-refractivity contribution in [1.29, 1.82) is 0 Å². The fraction of sp³-hybridized carbons (Fsp3) is 0.600. The smallest absolute Gasteiger partial charge is 0.399 e. The van der Waals surface area contributed by atoms with Gasteiger partial charge in [0.25, 0.3) is 0 Å². The average molecular weight is 296 g/mol. The van der Waals surface area contributed by atoms with Gasteiger partial charge in [0.1, 0.15) is 0 Å². The lowest BCUT2D eigenvalue weighted by molar-refractivity contribution is 0.00578. The molecule has 1 aromatic rings. The third-order valence-corrected chi connectivity index (χ3v) is 4.50. The molecule has 1 heterocycles. The van der Waals surface area contributed by atoms with Gasteiger partial charge < -0.3 is 15.0 Å². The minimum Gasteiger partial charge on any atom is -0.399 e. The standard InChI is InChI=1S/C15H23BClNO2/c1-10(18)8-11-6-7-12(9-13(11)17)16-19-14(2,3)15(4,5)20-16/h6-7,9-10H,8,18H2,1-5H3. The first-order valence-electron chi connectivity index (χ1n) is 7.02. The molecule has 2 N–H and O–H groups in total. The molecular formula is C15H23BClNO2. The minimum absolute atomic E-state index is 0.0928. The summed E-state index contributed by atoms with van der Waals surface area (Å²) in [4.78, 5) is 0. The number of hydrogen-bond donors (Lipinski definition) is 1. The molecule has 5 heteroatoms. The maximum Gasteiger partial charge on any atom is 0.494 e. The van der Waals surface area contributed by atoms with Crippen molar-refractivity contribution in [2.75, 3.05) is 0 Å². The number of nitrogens with two attached hydrogens (primary N) is 1. The Kier molecular flexibility index (Phi) is 4.23. The topological polar surface area (TPSA) is 44.5 Å². The van der Waals surface area contributed by atoms with Gasteiger partial charge in [-0.25, -0.2) is 0 Å². The van der Waals surface area contributed by atoms with Gasteiger partial charge in [0.2, 0.25) is 0 Å². The Morgan fingerprint density at radius 3 is 2.20 bits per heavy atom. The Hall–Kier alpha value is -0.545. The minimum atomic E-state index is -0.373. The van der Waals surface area contributed by atoms with Crippen LogP contribution in [-0.2, 0) is 15.7 Å². The molecule has 2 rings (SSSR count). The Morgan fingerprint density at radius 1 is 1.20 bits per heavy atom. The van der Waals surface area contributed by atoms with Gasteiger partial charge in [-0.1, -0.05) is 23.7 Å². The Morgan fingerprint density at radius 2 is 1.75 bits per heavy atom. The second kappa shape index (κ2) is 5.34. The number of hydrogen-bond acceptors (Lipinski definition) is 3. The van der Waals surface area contributed by atoms with Crippen LogP contribution in [0.2, 0.25) is 5.02 Å². The summed E-state index contributed by atoms with van der Waals surface area (Å²) in [6.45, 7) is 10.1. The predicted molar refractivity (Wildman–Crippen MR) is 84.5 cm³/mol. The van der Waals surface area contributed by atoms with Gasteiger partial charge in [0, 0.05) is 11.1 Å². The molecule has 1 aromatic carbocycles. The lowest BCUT2D eigenvalue weighted by Crippen LogP contribution is -2.41. The van der Waals surface area contributed by atoms with E-state index in [1.54, 1.807) is 0 Å². The Balaban J connectivity index is 2.22. The summed E-state index contributed by atoms with van der Waals surface area (Å²) in [6, 6.07) is 6.02. The van der Waals surface area contributed by atoms with E-state index in [9.17, 15) is 0 Å². The maximum absolute atomic E-state index is 6.33. The van der Waals surface area contributed by atoms with Crippen LogP contribution in [0.15, 0.2) is 18.2 Å². The second-order valence-corrected chi connectivity index (χ2v) is 7.03. The molecule has 0 radical (unpaired) electrons. The van der Waals surface area contributed by atoms with Gasteiger partial charge in [0.15, 0.2) is 0 Å². The molecule has 0 amide bonds. The summed E-state index contributed by atoms with van der Waals surface area (Å²) in [5.74, 6) is 0. The molecule has 3 nitrogen and oxygen atoms in total. The molecule has 110 valence electrons. The van der Waals surface area contributed by atoms with Crippen LogP contribution < -0.4 is 11.2 Å². The highest BCUT2D eigenvalue weighted by Crippen LogP contribution is 2.36. The highest BCUT2D eigenvalue weighted by atomic mass is 35.5. The van der Waals surface area contributed by atoms with Gasteiger partial charge in [-0.05, 0) is 58.1 Å². The first-order valence-corrected chi connectivity index (χ1v) is 7.40. The van der Waals surface area contributed by atoms with Crippen LogP contribution in [0.25, 0.3) is 0 Å². The third kappa shape index (κ3) is 3.04. The highest BCUT2D eigenvalue weighted by molar-refractivity contribution is 6.62. The van der Waals surface area contributed by atoms with Crippen LogP contribution in [0, 0.1) is 0 Å². The van der Waals surface area contributed by atoms with Crippen molar-refractivity contribution in [1.82, 2.24) is 0 Å². The average Bonchev–Trinajstić information content (AvgIpc) is 2.50. The quantitative estimate of drug-likeness (QED) is 0.872. The molecule has 0 spiro atoms. The van der Waals surface area contributed by atoms with Crippen molar-refractivity contribution >= 4 is 24.2 Å². The van der Waals surface area contributed by atoms with E-state index in [1.807, 2.05) is 52.8 Å². The van der Waals surface area contributed by atoms with E-state index < -0.39 is 0 Å². The molecule has 0 aromatic heterocycles. The fourth-order valence-corrected chi connectivity index (χ4v) is 2.47. The molecule has 1 fully saturated rings. The molecule has 1 aliphatic heterocycles. The van der Waals surface area contributed by atoms with E-state index in [2.05, 4.69) is 0 Å². The van der Waals surface area contributed by atoms with E-state index in [1.165, 1.54) is 0 Å². The summed E-state index contributed by atoms with van der Waals surface area (Å²) >= 11 is 6.33. The predicted octanol–water partition coefficient (Wildman–Crippen LogP) is 2.53. The Labute approximate surface area is 126 Å². The van der Waals surface area contributed by atoms with E-state index in [0.717, 1.165) is 22.5 Å². The van der Waals surface area contributed by atoms with Crippen molar-refractivity contribution in [2.24, 2.45) is 5.73 Å². The number of benzene rings is 1. The number of halogens is 1. The largest absolute Gasteiger partial charge is 0.494 e. The van der Waals surface area contributed by atoms with Crippen molar-refractivity contribution in [3.05, 3.63) is 28.8 Å². The van der Waals surface area contributed by atoms with Crippen LogP contribution in [0.5, 0.6) is 0 Å². The van der Waals surface area contributed by atoms with Crippen molar-refractivity contribution in [3.8, 4) is 0 Å². The second-order valence-electron chi connectivity index (χ2n) is 6.62. The Bertz CT molecular complexity index is 487. The van der Waals surface area contributed by atoms with Gasteiger partial charge in [-0.3, -0.25) is 0 Å². The molecule has 1 atom stereocenters. The molecule has 20 heavy (non-hydrogen) atoms. The molecule has 0 bridgehead atoms. The normalized spacial score (nSPS) is 22.1. The van der Waals surface area contributed by atoms with E-state index in [-0.39, 0.29) is 24.4 Å². The van der Waals surface area contributed by atoms with Crippen LogP contribution in [-0.4, -0.2) is 24.4 Å². The van der Waals surface area contributed by atoms with Gasteiger partial charge >= 0.3 is 7.12 Å². The SMILES string of the molecule is CC(N)Cc1ccc(B2OC(C)(C)C(C)(C)O2)cc1Cl. The molecule has 1 aliphatic rings. The maximum atomic E-state index is 6.33. The zero-order valence-electron chi connectivity index (χ0n) is 12.9. The zero-order valence-corrected chi connectivity index (χ0v) is 13.6. The lowest BCUT2D eigenvalue weighted by Gasteiger charge is -2.32. The molecule has 0 saturated carbocycles. The fourth-order valence-electron chi connectivity index (χ4n) is 2.20. The summed E-state index contributed by atoms with van der Waals surface area (Å²) in [7, 11) is -0.373. The first-order chi connectivity index (χ1) is 9.12. The molecule has 1 unspecified atom stereocenters. The highest BCUT2D eigenvalue weighted by Gasteiger charge is 2.51. The first kappa shape index (κ1) is 15.8. The van der Waals surface area contributed by atoms with Crippen molar-refractivity contribution < 1.29 is 9.31 Å². The summed E-state index contributed by atoms with van der Waals surface area (Å²) in [5, 5.41) is 0.717. The van der Waals surface area contributed by atoms with Crippen LogP contribution >= 0.6 is 11.6 Å². The van der Waals surface area contributed by atoms with Crippen LogP contribution in [0.3, 0.4) is 0 Å². The van der Waals surface area contributed by atoms with E-state index in [4.69, 9.17) is 26.6 Å². The molecular weight excluding hydrogens is 272 g/mol. The number of rotatable bonds is 3. The van der Waals surface area contributed by atoms with Crippen molar-refractivity contribution in [2.45, 2.75) is 58.3 Å². The van der Waals surface area contributed by atoms with Gasteiger partial charge in [0.05, 0.1) is 11.2 Å². The van der Waals surface area contributed by atoms with Crippen LogP contribution in [0.1, 0.15) is 40.2 Å². The van der Waals surface area contributed by atoms with Crippen molar-refractivity contribution in [3.63, 3.8) is 0 Å². The molecule has 1 saturated heterocycles. The summed E-state index contributed by atoms with van der Waals surface area (Å²) < 4.78 is 12.0. The lowest BCUT2D eigenvalue weighted by atomic mass is 9.78. The molecule has 0 aliphatic carbocycles.